The van der Waals surface area contributed by atoms with Crippen molar-refractivity contribution in [3.63, 3.8) is 0 Å². The number of nitrogens with one attached hydrogen (secondary N) is 1. The number of nitrogens with zero attached hydrogens (tertiary/aromatic N) is 1. The molecule has 7 heteroatoms. The summed E-state index contributed by atoms with van der Waals surface area (Å²) in [6.45, 7) is 0.842. The van der Waals surface area contributed by atoms with Crippen LogP contribution < -0.4 is 5.32 Å². The Hall–Kier alpha value is -3.79. The van der Waals surface area contributed by atoms with E-state index in [1.54, 1.807) is 0 Å². The largest absolute Gasteiger partial charge is 0.481 e. The number of fused-ring (bicyclic) bond motifs is 3. The molecule has 2 aromatic rings. The van der Waals surface area contributed by atoms with E-state index in [1.165, 1.54) is 4.90 Å². The lowest BCUT2D eigenvalue weighted by molar-refractivity contribution is -0.137. The number of benzene rings is 2. The minimum Gasteiger partial charge on any atom is -0.481 e. The number of ether oxygens (including phenoxy) is 1. The monoisotopic (exact) mass is 446 g/mol. The minimum atomic E-state index is -0.950. The molecule has 33 heavy (non-hydrogen) atoms. The molecule has 0 heterocycles. The van der Waals surface area contributed by atoms with E-state index in [-0.39, 0.29) is 32.0 Å². The van der Waals surface area contributed by atoms with Gasteiger partial charge >= 0.3 is 12.1 Å². The van der Waals surface area contributed by atoms with Crippen molar-refractivity contribution in [3.8, 4) is 23.0 Å². The number of alkyl carbamates (subject to hydrolysis) is 1. The van der Waals surface area contributed by atoms with Crippen molar-refractivity contribution in [2.45, 2.75) is 25.2 Å². The average molecular weight is 447 g/mol. The predicted octanol–water partition coefficient (Wildman–Crippen LogP) is 3.24. The fourth-order valence-corrected chi connectivity index (χ4v) is 4.08. The summed E-state index contributed by atoms with van der Waals surface area (Å²) in [6.07, 6.45) is 1.39. The number of carbonyl (C=O) groups is 3. The zero-order valence-electron chi connectivity index (χ0n) is 18.3. The van der Waals surface area contributed by atoms with Crippen LogP contribution in [0.5, 0.6) is 0 Å². The summed E-state index contributed by atoms with van der Waals surface area (Å²) in [5.41, 5.74) is 4.58. The number of amides is 2. The second-order valence-electron chi connectivity index (χ2n) is 8.32. The maximum atomic E-state index is 12.3. The average Bonchev–Trinajstić information content (AvgIpc) is 3.58. The van der Waals surface area contributed by atoms with Crippen molar-refractivity contribution >= 4 is 18.0 Å². The number of carboxylic acid groups (broad SMARTS) is 1. The summed E-state index contributed by atoms with van der Waals surface area (Å²) < 4.78 is 5.44. The van der Waals surface area contributed by atoms with Gasteiger partial charge in [0.05, 0.1) is 13.0 Å². The van der Waals surface area contributed by atoms with Crippen LogP contribution in [0.3, 0.4) is 0 Å². The van der Waals surface area contributed by atoms with Crippen LogP contribution in [0.2, 0.25) is 0 Å². The molecule has 2 aliphatic rings. The molecule has 4 rings (SSSR count). The second kappa shape index (κ2) is 10.2. The Bertz CT molecular complexity index is 1070. The van der Waals surface area contributed by atoms with Crippen molar-refractivity contribution in [2.24, 2.45) is 5.92 Å². The Kier molecular flexibility index (Phi) is 6.94. The Morgan fingerprint density at radius 1 is 1.03 bits per heavy atom. The van der Waals surface area contributed by atoms with Gasteiger partial charge in [-0.25, -0.2) is 4.79 Å². The van der Waals surface area contributed by atoms with E-state index >= 15 is 0 Å². The number of aliphatic carboxylic acids is 1. The highest BCUT2D eigenvalue weighted by molar-refractivity contribution is 5.93. The Labute approximate surface area is 192 Å². The molecular weight excluding hydrogens is 420 g/mol. The van der Waals surface area contributed by atoms with Gasteiger partial charge in [0, 0.05) is 19.0 Å². The number of rotatable bonds is 8. The predicted molar refractivity (Wildman–Crippen MR) is 122 cm³/mol. The molecule has 0 unspecified atom stereocenters. The second-order valence-corrected chi connectivity index (χ2v) is 8.32. The summed E-state index contributed by atoms with van der Waals surface area (Å²) in [5.74, 6) is 4.17. The van der Waals surface area contributed by atoms with Crippen molar-refractivity contribution in [2.75, 3.05) is 26.2 Å². The zero-order chi connectivity index (χ0) is 23.2. The summed E-state index contributed by atoms with van der Waals surface area (Å²) >= 11 is 0. The molecule has 1 saturated carbocycles. The molecule has 2 N–H and O–H groups in total. The molecule has 0 bridgehead atoms. The van der Waals surface area contributed by atoms with Gasteiger partial charge in [-0.1, -0.05) is 54.5 Å². The van der Waals surface area contributed by atoms with Crippen molar-refractivity contribution in [1.82, 2.24) is 10.2 Å². The van der Waals surface area contributed by atoms with Gasteiger partial charge in [-0.05, 0) is 46.9 Å². The molecule has 170 valence electrons. The SMILES string of the molecule is O=C(O)CCN(CC1CC1)C(=O)C#CCNC(=O)OCC1c2ccccc2-c2ccccc21. The van der Waals surface area contributed by atoms with Crippen molar-refractivity contribution in [3.05, 3.63) is 59.7 Å². The lowest BCUT2D eigenvalue weighted by Crippen LogP contribution is -2.34. The van der Waals surface area contributed by atoms with E-state index in [1.807, 2.05) is 24.3 Å². The van der Waals surface area contributed by atoms with Gasteiger partial charge in [0.15, 0.2) is 0 Å². The first-order chi connectivity index (χ1) is 16.0. The van der Waals surface area contributed by atoms with Gasteiger partial charge in [-0.3, -0.25) is 9.59 Å². The molecular formula is C26H26N2O5. The van der Waals surface area contributed by atoms with Crippen LogP contribution in [0.15, 0.2) is 48.5 Å². The van der Waals surface area contributed by atoms with E-state index < -0.39 is 18.0 Å². The van der Waals surface area contributed by atoms with Crippen molar-refractivity contribution in [1.29, 1.82) is 0 Å². The van der Waals surface area contributed by atoms with Crippen molar-refractivity contribution < 1.29 is 24.2 Å². The lowest BCUT2D eigenvalue weighted by atomic mass is 9.98. The van der Waals surface area contributed by atoms with Crippen LogP contribution in [0.1, 0.15) is 36.3 Å². The summed E-state index contributed by atoms with van der Waals surface area (Å²) in [5, 5.41) is 11.4. The van der Waals surface area contributed by atoms with Gasteiger partial charge in [0.25, 0.3) is 5.91 Å². The van der Waals surface area contributed by atoms with Crippen LogP contribution in [-0.4, -0.2) is 54.2 Å². The van der Waals surface area contributed by atoms with Crippen LogP contribution in [0, 0.1) is 17.8 Å². The fourth-order valence-electron chi connectivity index (χ4n) is 4.08. The standard InChI is InChI=1S/C26H26N2O5/c29-24(28(15-13-25(30)31)16-18-11-12-18)10-5-14-27-26(32)33-17-23-21-8-3-1-6-19(21)20-7-2-4-9-22(20)23/h1-4,6-9,18,23H,11-17H2,(H,27,32)(H,30,31). The van der Waals surface area contributed by atoms with Crippen LogP contribution in [0.25, 0.3) is 11.1 Å². The first-order valence-electron chi connectivity index (χ1n) is 11.1. The van der Waals surface area contributed by atoms with E-state index in [2.05, 4.69) is 41.4 Å². The number of carboxylic acids is 1. The number of hydrogen-bond acceptors (Lipinski definition) is 4. The van der Waals surface area contributed by atoms with E-state index in [9.17, 15) is 14.4 Å². The molecule has 0 spiro atoms. The molecule has 0 radical (unpaired) electrons. The van der Waals surface area contributed by atoms with Crippen LogP contribution in [0.4, 0.5) is 4.79 Å². The van der Waals surface area contributed by atoms with Crippen LogP contribution >= 0.6 is 0 Å². The fraction of sp³-hybridized carbons (Fsp3) is 0.346. The highest BCUT2D eigenvalue weighted by atomic mass is 16.5. The van der Waals surface area contributed by atoms with Gasteiger partial charge in [-0.2, -0.15) is 0 Å². The summed E-state index contributed by atoms with van der Waals surface area (Å²) in [7, 11) is 0. The summed E-state index contributed by atoms with van der Waals surface area (Å²) in [4.78, 5) is 36.8. The third-order valence-electron chi connectivity index (χ3n) is 5.92. The quantitative estimate of drug-likeness (QED) is 0.607. The van der Waals surface area contributed by atoms with Crippen LogP contribution in [-0.2, 0) is 14.3 Å². The zero-order valence-corrected chi connectivity index (χ0v) is 18.3. The Balaban J connectivity index is 1.27. The number of carbonyl (C=O) groups excluding carboxylic acids is 2. The normalized spacial score (nSPS) is 13.8. The van der Waals surface area contributed by atoms with E-state index in [0.29, 0.717) is 12.5 Å². The van der Waals surface area contributed by atoms with Gasteiger partial charge < -0.3 is 20.1 Å². The highest BCUT2D eigenvalue weighted by Gasteiger charge is 2.29. The Morgan fingerprint density at radius 3 is 2.27 bits per heavy atom. The first kappa shape index (κ1) is 22.4. The minimum absolute atomic E-state index is 0.0268. The summed E-state index contributed by atoms with van der Waals surface area (Å²) in [6, 6.07) is 16.2. The first-order valence-corrected chi connectivity index (χ1v) is 11.1. The van der Waals surface area contributed by atoms with Gasteiger partial charge in [0.1, 0.15) is 6.61 Å². The molecule has 0 saturated heterocycles. The topological polar surface area (TPSA) is 95.9 Å². The molecule has 0 atom stereocenters. The molecule has 0 aliphatic heterocycles. The molecule has 7 nitrogen and oxygen atoms in total. The highest BCUT2D eigenvalue weighted by Crippen LogP contribution is 2.44. The Morgan fingerprint density at radius 2 is 1.67 bits per heavy atom. The molecule has 2 aromatic carbocycles. The van der Waals surface area contributed by atoms with E-state index in [0.717, 1.165) is 35.1 Å². The maximum Gasteiger partial charge on any atom is 0.407 e. The molecule has 2 amide bonds. The maximum absolute atomic E-state index is 12.3. The number of hydrogen-bond donors (Lipinski definition) is 2. The molecule has 2 aliphatic carbocycles. The third kappa shape index (κ3) is 5.72. The molecule has 1 fully saturated rings. The van der Waals surface area contributed by atoms with Gasteiger partial charge in [0.2, 0.25) is 0 Å². The lowest BCUT2D eigenvalue weighted by Gasteiger charge is -2.18. The van der Waals surface area contributed by atoms with Gasteiger partial charge in [-0.15, -0.1) is 0 Å². The van der Waals surface area contributed by atoms with E-state index in [4.69, 9.17) is 9.84 Å². The smallest absolute Gasteiger partial charge is 0.407 e. The third-order valence-corrected chi connectivity index (χ3v) is 5.92. The molecule has 0 aromatic heterocycles.